The molecule has 2 aliphatic rings. The third-order valence-electron chi connectivity index (χ3n) is 6.16. The highest BCUT2D eigenvalue weighted by Gasteiger charge is 2.39. The van der Waals surface area contributed by atoms with E-state index in [0.29, 0.717) is 30.8 Å². The van der Waals surface area contributed by atoms with Gasteiger partial charge in [0.15, 0.2) is 5.65 Å². The Morgan fingerprint density at radius 2 is 1.94 bits per heavy atom. The van der Waals surface area contributed by atoms with E-state index in [0.717, 1.165) is 5.56 Å². The lowest BCUT2D eigenvalue weighted by Crippen LogP contribution is -2.23. The minimum absolute atomic E-state index is 0. The highest BCUT2D eigenvalue weighted by molar-refractivity contribution is 5.87. The quantitative estimate of drug-likeness (QED) is 0.560. The lowest BCUT2D eigenvalue weighted by molar-refractivity contribution is -0.0934. The predicted octanol–water partition coefficient (Wildman–Crippen LogP) is 3.77. The van der Waals surface area contributed by atoms with Gasteiger partial charge in [-0.25, -0.2) is 15.0 Å². The maximum Gasteiger partial charge on any atom is 0.420 e. The Bertz CT molecular complexity index is 1500. The number of fused-ring (bicyclic) bond motifs is 1. The molecule has 3 aromatic rings. The van der Waals surface area contributed by atoms with Gasteiger partial charge in [-0.1, -0.05) is 0 Å². The third-order valence-corrected chi connectivity index (χ3v) is 6.16. The standard InChI is InChI=1S/C23H20F3N5O3.H2/c1-10-5-14(9-27-21(10)32)16-8-12(3-4-34-16)19-29-17(13-6-15(7-13)23(24,25)26)18-20(31-19)28-11(2)22(33)30-18;/h5,9,12,16H,3-4,6,8H2,1-2H3,(H,27,32)(H,30,33);1H/t12-,16+;/m0./s1. The van der Waals surface area contributed by atoms with E-state index >= 15 is 0 Å². The summed E-state index contributed by atoms with van der Waals surface area (Å²) in [5.74, 6) is 0.264. The van der Waals surface area contributed by atoms with Gasteiger partial charge in [-0.3, -0.25) is 9.59 Å². The molecule has 1 aliphatic carbocycles. The van der Waals surface area contributed by atoms with Crippen molar-refractivity contribution in [3.63, 3.8) is 0 Å². The zero-order valence-electron chi connectivity index (χ0n) is 18.3. The number of alkyl halides is 3. The number of allylic oxidation sites excluding steroid dienone is 1. The van der Waals surface area contributed by atoms with Gasteiger partial charge in [0.25, 0.3) is 11.1 Å². The number of hydrogen-bond donors (Lipinski definition) is 2. The first kappa shape index (κ1) is 22.2. The van der Waals surface area contributed by atoms with Gasteiger partial charge in [0.2, 0.25) is 0 Å². The summed E-state index contributed by atoms with van der Waals surface area (Å²) in [5.41, 5.74) is 3.42. The first-order valence-electron chi connectivity index (χ1n) is 10.8. The Kier molecular flexibility index (Phi) is 5.26. The molecule has 1 aliphatic heterocycles. The molecule has 2 atom stereocenters. The molecule has 0 bridgehead atoms. The Balaban J connectivity index is 0.00000289. The summed E-state index contributed by atoms with van der Waals surface area (Å²) in [4.78, 5) is 42.6. The number of aromatic amines is 2. The van der Waals surface area contributed by atoms with Crippen molar-refractivity contribution in [3.05, 3.63) is 72.6 Å². The lowest BCUT2D eigenvalue weighted by Gasteiger charge is -2.29. The summed E-state index contributed by atoms with van der Waals surface area (Å²) in [6.45, 7) is 3.67. The largest absolute Gasteiger partial charge is 0.420 e. The minimum Gasteiger partial charge on any atom is -0.373 e. The number of pyridine rings is 1. The first-order chi connectivity index (χ1) is 16.1. The Morgan fingerprint density at radius 3 is 2.65 bits per heavy atom. The minimum atomic E-state index is -4.46. The van der Waals surface area contributed by atoms with Crippen molar-refractivity contribution >= 4 is 16.7 Å². The van der Waals surface area contributed by atoms with Crippen LogP contribution in [-0.4, -0.2) is 37.7 Å². The van der Waals surface area contributed by atoms with Crippen molar-refractivity contribution in [2.45, 2.75) is 51.3 Å². The molecule has 2 N–H and O–H groups in total. The van der Waals surface area contributed by atoms with Gasteiger partial charge >= 0.3 is 6.18 Å². The van der Waals surface area contributed by atoms with Crippen LogP contribution < -0.4 is 11.1 Å². The third kappa shape index (κ3) is 3.97. The number of nitrogens with zero attached hydrogens (tertiary/aromatic N) is 3. The molecule has 0 radical (unpaired) electrons. The molecule has 0 spiro atoms. The smallest absolute Gasteiger partial charge is 0.373 e. The molecule has 4 heterocycles. The number of aromatic nitrogens is 5. The second-order valence-corrected chi connectivity index (χ2v) is 8.56. The zero-order chi connectivity index (χ0) is 24.2. The predicted molar refractivity (Wildman–Crippen MR) is 118 cm³/mol. The molecule has 11 heteroatoms. The van der Waals surface area contributed by atoms with Crippen LogP contribution in [-0.2, 0) is 4.74 Å². The van der Waals surface area contributed by atoms with Crippen LogP contribution in [0.2, 0.25) is 0 Å². The van der Waals surface area contributed by atoms with Gasteiger partial charge in [0, 0.05) is 37.7 Å². The van der Waals surface area contributed by atoms with Crippen LogP contribution >= 0.6 is 0 Å². The van der Waals surface area contributed by atoms with Crippen molar-refractivity contribution in [1.29, 1.82) is 0 Å². The highest BCUT2D eigenvalue weighted by Crippen LogP contribution is 2.41. The van der Waals surface area contributed by atoms with E-state index in [1.54, 1.807) is 19.2 Å². The molecule has 0 saturated carbocycles. The molecular weight excluding hydrogens is 451 g/mol. The summed E-state index contributed by atoms with van der Waals surface area (Å²) in [6, 6.07) is 1.77. The Labute approximate surface area is 192 Å². The molecule has 0 amide bonds. The molecule has 1 fully saturated rings. The van der Waals surface area contributed by atoms with E-state index in [1.165, 1.54) is 6.92 Å². The van der Waals surface area contributed by atoms with Gasteiger partial charge < -0.3 is 14.7 Å². The van der Waals surface area contributed by atoms with Crippen LogP contribution in [0.1, 0.15) is 61.1 Å². The van der Waals surface area contributed by atoms with Crippen LogP contribution in [0.15, 0.2) is 33.2 Å². The maximum absolute atomic E-state index is 13.0. The van der Waals surface area contributed by atoms with E-state index in [1.807, 2.05) is 0 Å². The Hall–Kier alpha value is -3.56. The molecule has 1 saturated heterocycles. The monoisotopic (exact) mass is 473 g/mol. The van der Waals surface area contributed by atoms with Crippen LogP contribution in [0.5, 0.6) is 0 Å². The average molecular weight is 473 g/mol. The number of ether oxygens (including phenoxy) is 1. The van der Waals surface area contributed by atoms with Crippen molar-refractivity contribution < 1.29 is 19.3 Å². The van der Waals surface area contributed by atoms with E-state index < -0.39 is 17.3 Å². The summed E-state index contributed by atoms with van der Waals surface area (Å²) in [7, 11) is 0. The molecule has 34 heavy (non-hydrogen) atoms. The van der Waals surface area contributed by atoms with Crippen LogP contribution in [0.25, 0.3) is 16.7 Å². The van der Waals surface area contributed by atoms with Gasteiger partial charge in [0.1, 0.15) is 22.7 Å². The summed E-state index contributed by atoms with van der Waals surface area (Å²) in [6.07, 6.45) is -2.37. The van der Waals surface area contributed by atoms with Gasteiger partial charge in [-0.05, 0) is 38.3 Å². The van der Waals surface area contributed by atoms with Crippen LogP contribution in [0.3, 0.4) is 0 Å². The SMILES string of the molecule is Cc1cc([C@H]2C[C@@H](c3nc(C4=C=C(C(F)(F)F)C4)c4[nH]c(=O)c(C)nc4n3)CCO2)c[nH]c1=O.[HH]. The molecule has 178 valence electrons. The van der Waals surface area contributed by atoms with E-state index in [9.17, 15) is 22.8 Å². The topological polar surface area (TPSA) is 114 Å². The van der Waals surface area contributed by atoms with Gasteiger partial charge in [-0.2, -0.15) is 13.2 Å². The van der Waals surface area contributed by atoms with E-state index in [4.69, 9.17) is 4.74 Å². The van der Waals surface area contributed by atoms with Gasteiger partial charge in [-0.15, -0.1) is 5.73 Å². The van der Waals surface area contributed by atoms with Crippen molar-refractivity contribution in [2.75, 3.05) is 6.61 Å². The summed E-state index contributed by atoms with van der Waals surface area (Å²) >= 11 is 0. The molecule has 0 unspecified atom stereocenters. The van der Waals surface area contributed by atoms with E-state index in [-0.39, 0.29) is 53.6 Å². The van der Waals surface area contributed by atoms with Crippen LogP contribution in [0, 0.1) is 13.8 Å². The second-order valence-electron chi connectivity index (χ2n) is 8.56. The first-order valence-corrected chi connectivity index (χ1v) is 10.8. The fourth-order valence-corrected chi connectivity index (χ4v) is 4.20. The van der Waals surface area contributed by atoms with Crippen molar-refractivity contribution in [1.82, 2.24) is 24.9 Å². The molecule has 5 rings (SSSR count). The van der Waals surface area contributed by atoms with Crippen LogP contribution in [0.4, 0.5) is 13.2 Å². The second kappa shape index (κ2) is 8.03. The molecular formula is C23H22F3N5O3. The number of hydrogen-bond acceptors (Lipinski definition) is 6. The maximum atomic E-state index is 13.0. The number of rotatable bonds is 3. The average Bonchev–Trinajstić information content (AvgIpc) is 2.74. The number of nitrogens with one attached hydrogen (secondary N) is 2. The van der Waals surface area contributed by atoms with Crippen molar-refractivity contribution in [3.8, 4) is 0 Å². The highest BCUT2D eigenvalue weighted by atomic mass is 19.4. The van der Waals surface area contributed by atoms with Crippen molar-refractivity contribution in [2.24, 2.45) is 0 Å². The normalized spacial score (nSPS) is 20.6. The summed E-state index contributed by atoms with van der Waals surface area (Å²) < 4.78 is 44.9. The zero-order valence-corrected chi connectivity index (χ0v) is 18.3. The molecule has 8 nitrogen and oxygen atoms in total. The fourth-order valence-electron chi connectivity index (χ4n) is 4.20. The number of H-pyrrole nitrogens is 2. The summed E-state index contributed by atoms with van der Waals surface area (Å²) in [5, 5.41) is 0. The lowest BCUT2D eigenvalue weighted by atomic mass is 9.90. The number of aryl methyl sites for hydroxylation is 2. The fraction of sp³-hybridized carbons (Fsp3) is 0.391. The Morgan fingerprint density at radius 1 is 1.18 bits per heavy atom. The molecule has 3 aromatic heterocycles. The number of halogens is 3. The van der Waals surface area contributed by atoms with Gasteiger partial charge in [0.05, 0.1) is 11.7 Å². The van der Waals surface area contributed by atoms with E-state index in [2.05, 4.69) is 30.7 Å². The molecule has 0 aromatic carbocycles.